The van der Waals surface area contributed by atoms with Crippen molar-refractivity contribution in [3.05, 3.63) is 18.0 Å². The van der Waals surface area contributed by atoms with E-state index in [4.69, 9.17) is 5.73 Å². The zero-order valence-electron chi connectivity index (χ0n) is 9.39. The molecule has 1 aliphatic rings. The minimum Gasteiger partial charge on any atom is -0.481 e. The van der Waals surface area contributed by atoms with Crippen LogP contribution >= 0.6 is 0 Å². The molecular formula is C11H17N3O2. The van der Waals surface area contributed by atoms with E-state index in [1.165, 1.54) is 0 Å². The number of aryl methyl sites for hydroxylation is 1. The molecule has 5 nitrogen and oxygen atoms in total. The molecule has 0 bridgehead atoms. The average Bonchev–Trinajstić information content (AvgIpc) is 3.00. The molecule has 0 saturated heterocycles. The van der Waals surface area contributed by atoms with Crippen LogP contribution in [0.4, 0.5) is 0 Å². The molecule has 1 fully saturated rings. The van der Waals surface area contributed by atoms with Crippen LogP contribution in [0.2, 0.25) is 0 Å². The van der Waals surface area contributed by atoms with Crippen LogP contribution in [0.25, 0.3) is 0 Å². The van der Waals surface area contributed by atoms with Crippen molar-refractivity contribution < 1.29 is 9.90 Å². The lowest BCUT2D eigenvalue weighted by atomic mass is 9.77. The zero-order chi connectivity index (χ0) is 11.8. The van der Waals surface area contributed by atoms with Gasteiger partial charge in [-0.25, -0.2) is 0 Å². The Labute approximate surface area is 94.2 Å². The molecule has 3 N–H and O–H groups in total. The maximum Gasteiger partial charge on any atom is 0.311 e. The standard InChI is InChI=1S/C11H17N3O2/c1-14-6-8(5-13-14)4-11(7-12,10(15)16)9-2-3-9/h5-6,9H,2-4,7,12H2,1H3,(H,15,16). The minimum absolute atomic E-state index is 0.196. The van der Waals surface area contributed by atoms with E-state index in [0.29, 0.717) is 6.42 Å². The zero-order valence-corrected chi connectivity index (χ0v) is 9.39. The van der Waals surface area contributed by atoms with Gasteiger partial charge in [0.05, 0.1) is 11.6 Å². The quantitative estimate of drug-likeness (QED) is 0.757. The van der Waals surface area contributed by atoms with Crippen LogP contribution in [-0.2, 0) is 18.3 Å². The summed E-state index contributed by atoms with van der Waals surface area (Å²) in [7, 11) is 1.82. The molecule has 5 heteroatoms. The van der Waals surface area contributed by atoms with Crippen LogP contribution in [0.15, 0.2) is 12.4 Å². The van der Waals surface area contributed by atoms with E-state index >= 15 is 0 Å². The van der Waals surface area contributed by atoms with Crippen molar-refractivity contribution in [2.45, 2.75) is 19.3 Å². The Balaban J connectivity index is 2.22. The number of aromatic nitrogens is 2. The monoisotopic (exact) mass is 223 g/mol. The Bertz CT molecular complexity index is 398. The van der Waals surface area contributed by atoms with Crippen molar-refractivity contribution in [1.82, 2.24) is 9.78 Å². The van der Waals surface area contributed by atoms with Gasteiger partial charge in [0.25, 0.3) is 0 Å². The topological polar surface area (TPSA) is 81.1 Å². The molecule has 1 aliphatic carbocycles. The summed E-state index contributed by atoms with van der Waals surface area (Å²) in [4.78, 5) is 11.4. The lowest BCUT2D eigenvalue weighted by Gasteiger charge is -2.27. The molecule has 0 radical (unpaired) electrons. The molecule has 2 rings (SSSR count). The summed E-state index contributed by atoms with van der Waals surface area (Å²) in [5, 5.41) is 13.5. The van der Waals surface area contributed by atoms with E-state index < -0.39 is 11.4 Å². The predicted molar refractivity (Wildman–Crippen MR) is 58.8 cm³/mol. The third-order valence-electron chi connectivity index (χ3n) is 3.43. The van der Waals surface area contributed by atoms with Crippen molar-refractivity contribution in [2.24, 2.45) is 24.1 Å². The molecule has 16 heavy (non-hydrogen) atoms. The molecule has 1 saturated carbocycles. The van der Waals surface area contributed by atoms with E-state index in [0.717, 1.165) is 18.4 Å². The molecule has 1 unspecified atom stereocenters. The fraction of sp³-hybridized carbons (Fsp3) is 0.636. The molecule has 1 heterocycles. The average molecular weight is 223 g/mol. The Kier molecular flexibility index (Phi) is 2.71. The summed E-state index contributed by atoms with van der Waals surface area (Å²) < 4.78 is 1.69. The third kappa shape index (κ3) is 1.82. The number of nitrogens with two attached hydrogens (primary N) is 1. The van der Waals surface area contributed by atoms with Crippen LogP contribution in [0.5, 0.6) is 0 Å². The summed E-state index contributed by atoms with van der Waals surface area (Å²) in [6, 6.07) is 0. The highest BCUT2D eigenvalue weighted by Gasteiger charge is 2.50. The summed E-state index contributed by atoms with van der Waals surface area (Å²) >= 11 is 0. The molecule has 0 spiro atoms. The second-order valence-electron chi connectivity index (χ2n) is 4.64. The summed E-state index contributed by atoms with van der Waals surface area (Å²) in [6.07, 6.45) is 6.01. The van der Waals surface area contributed by atoms with Crippen LogP contribution in [-0.4, -0.2) is 27.4 Å². The number of nitrogens with zero attached hydrogens (tertiary/aromatic N) is 2. The lowest BCUT2D eigenvalue weighted by Crippen LogP contribution is -2.42. The van der Waals surface area contributed by atoms with E-state index in [9.17, 15) is 9.90 Å². The Morgan fingerprint density at radius 3 is 2.81 bits per heavy atom. The van der Waals surface area contributed by atoms with Gasteiger partial charge in [0.15, 0.2) is 0 Å². The van der Waals surface area contributed by atoms with Gasteiger partial charge in [0, 0.05) is 19.8 Å². The Morgan fingerprint density at radius 1 is 1.75 bits per heavy atom. The summed E-state index contributed by atoms with van der Waals surface area (Å²) in [5.41, 5.74) is 5.85. The fourth-order valence-electron chi connectivity index (χ4n) is 2.28. The molecule has 1 aromatic rings. The molecule has 88 valence electrons. The second-order valence-corrected chi connectivity index (χ2v) is 4.64. The molecular weight excluding hydrogens is 206 g/mol. The van der Waals surface area contributed by atoms with Gasteiger partial charge in [0.2, 0.25) is 0 Å². The van der Waals surface area contributed by atoms with Gasteiger partial charge in [-0.1, -0.05) is 0 Å². The molecule has 0 amide bonds. The number of hydrogen-bond acceptors (Lipinski definition) is 3. The van der Waals surface area contributed by atoms with E-state index in [1.807, 2.05) is 13.2 Å². The van der Waals surface area contributed by atoms with Gasteiger partial charge >= 0.3 is 5.97 Å². The first-order chi connectivity index (χ1) is 7.58. The maximum absolute atomic E-state index is 11.4. The highest BCUT2D eigenvalue weighted by Crippen LogP contribution is 2.47. The Hall–Kier alpha value is -1.36. The van der Waals surface area contributed by atoms with Gasteiger partial charge in [0.1, 0.15) is 0 Å². The largest absolute Gasteiger partial charge is 0.481 e. The van der Waals surface area contributed by atoms with E-state index in [1.54, 1.807) is 10.9 Å². The Morgan fingerprint density at radius 2 is 2.44 bits per heavy atom. The number of carboxylic acids is 1. The van der Waals surface area contributed by atoms with Gasteiger partial charge in [-0.15, -0.1) is 0 Å². The second kappa shape index (κ2) is 3.90. The van der Waals surface area contributed by atoms with Crippen LogP contribution in [0.1, 0.15) is 18.4 Å². The van der Waals surface area contributed by atoms with Gasteiger partial charge in [-0.2, -0.15) is 5.10 Å². The summed E-state index contributed by atoms with van der Waals surface area (Å²) in [6.45, 7) is 0.196. The van der Waals surface area contributed by atoms with Gasteiger partial charge in [-0.05, 0) is 30.7 Å². The molecule has 1 atom stereocenters. The van der Waals surface area contributed by atoms with Gasteiger partial charge in [-0.3, -0.25) is 9.48 Å². The van der Waals surface area contributed by atoms with Crippen molar-refractivity contribution in [3.63, 3.8) is 0 Å². The predicted octanol–water partition coefficient (Wildman–Crippen LogP) is 0.402. The normalized spacial score (nSPS) is 19.4. The van der Waals surface area contributed by atoms with Crippen LogP contribution in [0.3, 0.4) is 0 Å². The fourth-order valence-corrected chi connectivity index (χ4v) is 2.28. The van der Waals surface area contributed by atoms with E-state index in [2.05, 4.69) is 5.10 Å². The smallest absolute Gasteiger partial charge is 0.311 e. The van der Waals surface area contributed by atoms with Crippen molar-refractivity contribution in [1.29, 1.82) is 0 Å². The molecule has 0 aromatic carbocycles. The lowest BCUT2D eigenvalue weighted by molar-refractivity contribution is -0.149. The molecule has 1 aromatic heterocycles. The number of hydrogen-bond donors (Lipinski definition) is 2. The van der Waals surface area contributed by atoms with Crippen LogP contribution < -0.4 is 5.73 Å². The minimum atomic E-state index is -0.789. The first-order valence-corrected chi connectivity index (χ1v) is 5.49. The SMILES string of the molecule is Cn1cc(CC(CN)(C(=O)O)C2CC2)cn1. The summed E-state index contributed by atoms with van der Waals surface area (Å²) in [5.74, 6) is -0.545. The first-order valence-electron chi connectivity index (χ1n) is 5.49. The van der Waals surface area contributed by atoms with Crippen molar-refractivity contribution in [3.8, 4) is 0 Å². The number of carbonyl (C=O) groups is 1. The number of rotatable bonds is 5. The van der Waals surface area contributed by atoms with E-state index in [-0.39, 0.29) is 12.5 Å². The molecule has 0 aliphatic heterocycles. The van der Waals surface area contributed by atoms with Gasteiger partial charge < -0.3 is 10.8 Å². The maximum atomic E-state index is 11.4. The van der Waals surface area contributed by atoms with Crippen molar-refractivity contribution in [2.75, 3.05) is 6.54 Å². The van der Waals surface area contributed by atoms with Crippen molar-refractivity contribution >= 4 is 5.97 Å². The van der Waals surface area contributed by atoms with Crippen LogP contribution in [0, 0.1) is 11.3 Å². The number of aliphatic carboxylic acids is 1. The highest BCUT2D eigenvalue weighted by molar-refractivity contribution is 5.76. The first kappa shape index (κ1) is 11.1. The third-order valence-corrected chi connectivity index (χ3v) is 3.43. The highest BCUT2D eigenvalue weighted by atomic mass is 16.4. The number of carboxylic acid groups (broad SMARTS) is 1.